The third-order valence-corrected chi connectivity index (χ3v) is 7.87. The summed E-state index contributed by atoms with van der Waals surface area (Å²) in [5, 5.41) is 118. The summed E-state index contributed by atoms with van der Waals surface area (Å²) >= 11 is 0. The molecule has 0 radical (unpaired) electrons. The number of hydrogen-bond acceptors (Lipinski definition) is 18. The highest BCUT2D eigenvalue weighted by atomic mass is 16.8. The van der Waals surface area contributed by atoms with Crippen LogP contribution in [0.15, 0.2) is 0 Å². The molecule has 2 amide bonds. The van der Waals surface area contributed by atoms with E-state index in [1.165, 1.54) is 0 Å². The van der Waals surface area contributed by atoms with Crippen LogP contribution in [-0.2, 0) is 38.1 Å². The number of aliphatic carboxylic acids is 1. The number of aliphatic hydroxyl groups excluding tert-OH is 10. The van der Waals surface area contributed by atoms with E-state index in [0.29, 0.717) is 0 Å². The molecule has 3 aliphatic heterocycles. The average Bonchev–Trinajstić information content (AvgIpc) is 2.99. The molecule has 266 valence electrons. The second-order valence-electron chi connectivity index (χ2n) is 11.2. The Morgan fingerprint density at radius 3 is 1.96 bits per heavy atom. The van der Waals surface area contributed by atoms with Gasteiger partial charge < -0.3 is 90.5 Å². The van der Waals surface area contributed by atoms with Crippen molar-refractivity contribution in [2.75, 3.05) is 19.8 Å². The van der Waals surface area contributed by atoms with Crippen molar-refractivity contribution >= 4 is 17.8 Å². The predicted octanol–water partition coefficient (Wildman–Crippen LogP) is -8.08. The van der Waals surface area contributed by atoms with Crippen LogP contribution in [0.25, 0.3) is 0 Å². The van der Waals surface area contributed by atoms with Crippen LogP contribution in [0.3, 0.4) is 0 Å². The molecule has 21 heteroatoms. The first-order valence-electron chi connectivity index (χ1n) is 14.2. The Balaban J connectivity index is 1.95. The van der Waals surface area contributed by atoms with Gasteiger partial charge in [-0.15, -0.1) is 0 Å². The second-order valence-corrected chi connectivity index (χ2v) is 11.2. The third-order valence-electron chi connectivity index (χ3n) is 7.87. The van der Waals surface area contributed by atoms with Crippen molar-refractivity contribution in [2.24, 2.45) is 0 Å². The molecule has 3 saturated heterocycles. The molecule has 1 unspecified atom stereocenters. The molecular weight excluding hydrogens is 632 g/mol. The fourth-order valence-corrected chi connectivity index (χ4v) is 5.57. The normalized spacial score (nSPS) is 42.9. The van der Waals surface area contributed by atoms with Crippen molar-refractivity contribution in [3.63, 3.8) is 0 Å². The van der Waals surface area contributed by atoms with Gasteiger partial charge in [0.2, 0.25) is 11.8 Å². The summed E-state index contributed by atoms with van der Waals surface area (Å²) in [5.74, 6) is -6.46. The van der Waals surface area contributed by atoms with Crippen LogP contribution in [0.5, 0.6) is 0 Å². The molecule has 3 heterocycles. The van der Waals surface area contributed by atoms with Gasteiger partial charge in [-0.05, 0) is 0 Å². The number of hydrogen-bond donors (Lipinski definition) is 13. The first-order valence-corrected chi connectivity index (χ1v) is 14.2. The molecule has 3 rings (SSSR count). The number of carboxylic acid groups (broad SMARTS) is 1. The van der Waals surface area contributed by atoms with Crippen LogP contribution in [0, 0.1) is 0 Å². The Hall–Kier alpha value is -2.19. The average molecular weight is 675 g/mol. The zero-order chi connectivity index (χ0) is 34.7. The van der Waals surface area contributed by atoms with Crippen molar-refractivity contribution < 1.29 is 94.2 Å². The maximum absolute atomic E-state index is 12.6. The lowest BCUT2D eigenvalue weighted by atomic mass is 9.88. The number of carboxylic acids is 1. The Morgan fingerprint density at radius 1 is 0.848 bits per heavy atom. The lowest BCUT2D eigenvalue weighted by Gasteiger charge is -2.50. The Morgan fingerprint density at radius 2 is 1.43 bits per heavy atom. The predicted molar refractivity (Wildman–Crippen MR) is 142 cm³/mol. The summed E-state index contributed by atoms with van der Waals surface area (Å²) in [7, 11) is 0. The molecular formula is C25H42N2O19. The molecule has 21 nitrogen and oxygen atoms in total. The van der Waals surface area contributed by atoms with Gasteiger partial charge in [0.05, 0.1) is 32.0 Å². The lowest BCUT2D eigenvalue weighted by molar-refractivity contribution is -0.382. The number of rotatable bonds is 12. The van der Waals surface area contributed by atoms with Gasteiger partial charge in [0.1, 0.15) is 67.1 Å². The molecule has 16 atom stereocenters. The van der Waals surface area contributed by atoms with Crippen LogP contribution < -0.4 is 10.6 Å². The van der Waals surface area contributed by atoms with E-state index < -0.39 is 142 Å². The fraction of sp³-hybridized carbons (Fsp3) is 0.880. The second kappa shape index (κ2) is 15.8. The van der Waals surface area contributed by atoms with E-state index in [9.17, 15) is 70.6 Å². The molecule has 0 saturated carbocycles. The van der Waals surface area contributed by atoms with Crippen LogP contribution in [0.2, 0.25) is 0 Å². The summed E-state index contributed by atoms with van der Waals surface area (Å²) in [5.41, 5.74) is 0. The van der Waals surface area contributed by atoms with E-state index in [-0.39, 0.29) is 0 Å². The Labute approximate surface area is 260 Å². The number of nitrogens with one attached hydrogen (secondary N) is 2. The van der Waals surface area contributed by atoms with E-state index in [4.69, 9.17) is 23.7 Å². The van der Waals surface area contributed by atoms with Gasteiger partial charge in [0.15, 0.2) is 12.6 Å². The number of amides is 2. The van der Waals surface area contributed by atoms with Gasteiger partial charge in [-0.2, -0.15) is 0 Å². The van der Waals surface area contributed by atoms with Crippen molar-refractivity contribution in [1.82, 2.24) is 10.6 Å². The van der Waals surface area contributed by atoms with Crippen molar-refractivity contribution in [3.8, 4) is 0 Å². The molecule has 0 aliphatic carbocycles. The molecule has 0 aromatic carbocycles. The standard InChI is InChI=1S/C25H42N2O19/c1-7(31)26-13-9(33)3-25(24(40)41,45-20(13)15(35)10(34)4-28)46-21-16(36)11(5-29)43-23(18(21)38)44-19-12(6-30)42-22(39)14(17(19)37)27-8(2)32/h9-23,28-30,33-39H,3-6H2,1-2H3,(H,26,31)(H,27,32)(H,40,41)/t9-,10+,11+,12+,13+,14+,15+,16-,17+,18+,19+,20+,21-,22?,23-,25-/m0/s1. The highest BCUT2D eigenvalue weighted by Gasteiger charge is 2.60. The van der Waals surface area contributed by atoms with Gasteiger partial charge in [-0.25, -0.2) is 4.79 Å². The highest BCUT2D eigenvalue weighted by molar-refractivity contribution is 5.76. The van der Waals surface area contributed by atoms with Crippen LogP contribution in [0.1, 0.15) is 20.3 Å². The minimum Gasteiger partial charge on any atom is -0.477 e. The van der Waals surface area contributed by atoms with E-state index >= 15 is 0 Å². The van der Waals surface area contributed by atoms with E-state index in [0.717, 1.165) is 13.8 Å². The maximum Gasteiger partial charge on any atom is 0.364 e. The van der Waals surface area contributed by atoms with Crippen LogP contribution in [0.4, 0.5) is 0 Å². The van der Waals surface area contributed by atoms with Crippen LogP contribution >= 0.6 is 0 Å². The van der Waals surface area contributed by atoms with Gasteiger partial charge in [0.25, 0.3) is 5.79 Å². The minimum absolute atomic E-state index is 0.692. The number of carbonyl (C=O) groups is 3. The first kappa shape index (κ1) is 38.3. The van der Waals surface area contributed by atoms with Gasteiger partial charge in [0, 0.05) is 20.3 Å². The van der Waals surface area contributed by atoms with E-state index in [1.807, 2.05) is 0 Å². The minimum atomic E-state index is -3.04. The smallest absolute Gasteiger partial charge is 0.364 e. The van der Waals surface area contributed by atoms with Crippen molar-refractivity contribution in [2.45, 2.75) is 118 Å². The molecule has 0 aromatic heterocycles. The van der Waals surface area contributed by atoms with Gasteiger partial charge >= 0.3 is 5.97 Å². The molecule has 46 heavy (non-hydrogen) atoms. The zero-order valence-electron chi connectivity index (χ0n) is 24.7. The SMILES string of the molecule is CC(=O)N[C@H]1[C@H]([C@H](O)[C@H](O)CO)O[C@@](O[C@H]2[C@@H](O)[C@@H](CO)O[C@@H](O[C@H]3[C@H](O)[C@@H](NC(C)=O)C(O)O[C@@H]3CO)[C@@H]2O)(C(=O)O)C[C@@H]1O. The summed E-state index contributed by atoms with van der Waals surface area (Å²) in [4.78, 5) is 36.0. The monoisotopic (exact) mass is 674 g/mol. The Bertz CT molecular complexity index is 1050. The maximum atomic E-state index is 12.6. The van der Waals surface area contributed by atoms with Crippen LogP contribution in [-0.4, -0.2) is 191 Å². The summed E-state index contributed by atoms with van der Waals surface area (Å²) in [6, 6.07) is -3.05. The third kappa shape index (κ3) is 8.08. The number of aliphatic hydroxyl groups is 10. The summed E-state index contributed by atoms with van der Waals surface area (Å²) in [6.45, 7) is -0.789. The molecule has 3 fully saturated rings. The first-order chi connectivity index (χ1) is 21.5. The Kier molecular flexibility index (Phi) is 13.1. The molecule has 0 bridgehead atoms. The fourth-order valence-electron chi connectivity index (χ4n) is 5.57. The molecule has 3 aliphatic rings. The largest absolute Gasteiger partial charge is 0.477 e. The van der Waals surface area contributed by atoms with E-state index in [1.54, 1.807) is 0 Å². The summed E-state index contributed by atoms with van der Waals surface area (Å²) < 4.78 is 27.4. The quantitative estimate of drug-likeness (QED) is 0.0913. The van der Waals surface area contributed by atoms with Crippen molar-refractivity contribution in [3.05, 3.63) is 0 Å². The van der Waals surface area contributed by atoms with Crippen molar-refractivity contribution in [1.29, 1.82) is 0 Å². The van der Waals surface area contributed by atoms with E-state index in [2.05, 4.69) is 10.6 Å². The highest BCUT2D eigenvalue weighted by Crippen LogP contribution is 2.38. The zero-order valence-corrected chi connectivity index (χ0v) is 24.7. The number of carbonyl (C=O) groups excluding carboxylic acids is 2. The lowest BCUT2D eigenvalue weighted by Crippen LogP contribution is -2.71. The topological polar surface area (TPSA) is 344 Å². The summed E-state index contributed by atoms with van der Waals surface area (Å²) in [6.07, 6.45) is -25.7. The molecule has 13 N–H and O–H groups in total. The van der Waals surface area contributed by atoms with Gasteiger partial charge in [-0.3, -0.25) is 9.59 Å². The van der Waals surface area contributed by atoms with Gasteiger partial charge in [-0.1, -0.05) is 0 Å². The molecule has 0 aromatic rings. The number of ether oxygens (including phenoxy) is 5. The molecule has 0 spiro atoms.